The SMILES string of the molecule is CNCc1ccc2ccn(CC(=O)N(C)C)c2c1. The average molecular weight is 245 g/mol. The highest BCUT2D eigenvalue weighted by molar-refractivity contribution is 5.83. The largest absolute Gasteiger partial charge is 0.347 e. The van der Waals surface area contributed by atoms with Gasteiger partial charge in [-0.05, 0) is 30.1 Å². The summed E-state index contributed by atoms with van der Waals surface area (Å²) in [6.45, 7) is 1.22. The van der Waals surface area contributed by atoms with Gasteiger partial charge in [0.15, 0.2) is 0 Å². The Bertz CT molecular complexity index is 557. The zero-order valence-corrected chi connectivity index (χ0v) is 11.1. The molecule has 96 valence electrons. The van der Waals surface area contributed by atoms with Gasteiger partial charge in [0.1, 0.15) is 6.54 Å². The number of carbonyl (C=O) groups is 1. The zero-order valence-electron chi connectivity index (χ0n) is 11.1. The molecule has 0 bridgehead atoms. The fraction of sp³-hybridized carbons (Fsp3) is 0.357. The lowest BCUT2D eigenvalue weighted by atomic mass is 10.1. The minimum absolute atomic E-state index is 0.103. The Hall–Kier alpha value is -1.81. The number of fused-ring (bicyclic) bond motifs is 1. The molecule has 1 N–H and O–H groups in total. The van der Waals surface area contributed by atoms with Gasteiger partial charge in [0.2, 0.25) is 5.91 Å². The van der Waals surface area contributed by atoms with Crippen molar-refractivity contribution in [2.75, 3.05) is 21.1 Å². The van der Waals surface area contributed by atoms with Gasteiger partial charge in [-0.1, -0.05) is 12.1 Å². The molecule has 0 aliphatic rings. The number of hydrogen-bond donors (Lipinski definition) is 1. The summed E-state index contributed by atoms with van der Waals surface area (Å²) in [6, 6.07) is 8.38. The maximum absolute atomic E-state index is 11.8. The van der Waals surface area contributed by atoms with Crippen LogP contribution >= 0.6 is 0 Å². The first-order valence-electron chi connectivity index (χ1n) is 6.04. The van der Waals surface area contributed by atoms with E-state index in [1.807, 2.05) is 23.9 Å². The third kappa shape index (κ3) is 2.54. The molecule has 2 aromatic rings. The molecule has 0 saturated carbocycles. The molecule has 1 aromatic carbocycles. The van der Waals surface area contributed by atoms with Crippen molar-refractivity contribution >= 4 is 16.8 Å². The number of amides is 1. The smallest absolute Gasteiger partial charge is 0.241 e. The summed E-state index contributed by atoms with van der Waals surface area (Å²) in [6.07, 6.45) is 1.97. The van der Waals surface area contributed by atoms with E-state index in [-0.39, 0.29) is 5.91 Å². The van der Waals surface area contributed by atoms with Gasteiger partial charge in [0.25, 0.3) is 0 Å². The van der Waals surface area contributed by atoms with Crippen LogP contribution in [0.3, 0.4) is 0 Å². The van der Waals surface area contributed by atoms with Crippen molar-refractivity contribution in [3.63, 3.8) is 0 Å². The highest BCUT2D eigenvalue weighted by Gasteiger charge is 2.08. The number of carbonyl (C=O) groups excluding carboxylic acids is 1. The van der Waals surface area contributed by atoms with Crippen molar-refractivity contribution in [2.45, 2.75) is 13.1 Å². The molecule has 18 heavy (non-hydrogen) atoms. The summed E-state index contributed by atoms with van der Waals surface area (Å²) < 4.78 is 2.00. The van der Waals surface area contributed by atoms with Gasteiger partial charge in [-0.15, -0.1) is 0 Å². The van der Waals surface area contributed by atoms with Crippen LogP contribution in [-0.2, 0) is 17.9 Å². The zero-order chi connectivity index (χ0) is 13.1. The van der Waals surface area contributed by atoms with E-state index < -0.39 is 0 Å². The number of rotatable bonds is 4. The van der Waals surface area contributed by atoms with Crippen molar-refractivity contribution in [3.05, 3.63) is 36.0 Å². The lowest BCUT2D eigenvalue weighted by molar-refractivity contribution is -0.129. The molecule has 0 radical (unpaired) electrons. The van der Waals surface area contributed by atoms with Gasteiger partial charge >= 0.3 is 0 Å². The van der Waals surface area contributed by atoms with Crippen LogP contribution < -0.4 is 5.32 Å². The Kier molecular flexibility index (Phi) is 3.67. The van der Waals surface area contributed by atoms with Crippen LogP contribution in [0.5, 0.6) is 0 Å². The molecule has 0 fully saturated rings. The predicted octanol–water partition coefficient (Wildman–Crippen LogP) is 1.45. The van der Waals surface area contributed by atoms with Crippen molar-refractivity contribution < 1.29 is 4.79 Å². The monoisotopic (exact) mass is 245 g/mol. The molecule has 0 aliphatic carbocycles. The second-order valence-corrected chi connectivity index (χ2v) is 4.66. The summed E-state index contributed by atoms with van der Waals surface area (Å²) in [5.74, 6) is 0.103. The molecule has 1 aromatic heterocycles. The normalized spacial score (nSPS) is 10.8. The Labute approximate surface area is 107 Å². The molecule has 0 atom stereocenters. The first kappa shape index (κ1) is 12.6. The molecule has 4 nitrogen and oxygen atoms in total. The van der Waals surface area contributed by atoms with Crippen molar-refractivity contribution in [1.29, 1.82) is 0 Å². The van der Waals surface area contributed by atoms with Crippen molar-refractivity contribution in [1.82, 2.24) is 14.8 Å². The third-order valence-corrected chi connectivity index (χ3v) is 3.02. The van der Waals surface area contributed by atoms with Crippen LogP contribution in [0.25, 0.3) is 10.9 Å². The Morgan fingerprint density at radius 3 is 2.78 bits per heavy atom. The molecule has 4 heteroatoms. The van der Waals surface area contributed by atoms with Gasteiger partial charge in [-0.25, -0.2) is 0 Å². The molecular weight excluding hydrogens is 226 g/mol. The number of likely N-dealkylation sites (N-methyl/N-ethyl adjacent to an activating group) is 1. The van der Waals surface area contributed by atoms with E-state index in [1.165, 1.54) is 10.9 Å². The first-order chi connectivity index (χ1) is 8.61. The van der Waals surface area contributed by atoms with Gasteiger partial charge in [0.05, 0.1) is 0 Å². The van der Waals surface area contributed by atoms with Gasteiger partial charge in [-0.2, -0.15) is 0 Å². The molecule has 1 heterocycles. The van der Waals surface area contributed by atoms with E-state index in [9.17, 15) is 4.79 Å². The van der Waals surface area contributed by atoms with E-state index in [0.717, 1.165) is 12.1 Å². The van der Waals surface area contributed by atoms with Gasteiger partial charge < -0.3 is 14.8 Å². The molecule has 2 rings (SSSR count). The molecule has 1 amide bonds. The number of nitrogens with zero attached hydrogens (tertiary/aromatic N) is 2. The van der Waals surface area contributed by atoms with E-state index in [1.54, 1.807) is 19.0 Å². The standard InChI is InChI=1S/C14H19N3O/c1-15-9-11-4-5-12-6-7-17(13(12)8-11)10-14(18)16(2)3/h4-8,15H,9-10H2,1-3H3. The fourth-order valence-corrected chi connectivity index (χ4v) is 1.97. The minimum Gasteiger partial charge on any atom is -0.347 e. The summed E-state index contributed by atoms with van der Waals surface area (Å²) in [5.41, 5.74) is 2.33. The average Bonchev–Trinajstić information content (AvgIpc) is 2.72. The van der Waals surface area contributed by atoms with Crippen LogP contribution in [0, 0.1) is 0 Å². The lowest BCUT2D eigenvalue weighted by Crippen LogP contribution is -2.25. The van der Waals surface area contributed by atoms with E-state index in [4.69, 9.17) is 0 Å². The predicted molar refractivity (Wildman–Crippen MR) is 73.4 cm³/mol. The highest BCUT2D eigenvalue weighted by atomic mass is 16.2. The molecule has 0 aliphatic heterocycles. The number of hydrogen-bond acceptors (Lipinski definition) is 2. The lowest BCUT2D eigenvalue weighted by Gasteiger charge is -2.12. The number of benzene rings is 1. The minimum atomic E-state index is 0.103. The second kappa shape index (κ2) is 5.23. The maximum Gasteiger partial charge on any atom is 0.241 e. The topological polar surface area (TPSA) is 37.3 Å². The first-order valence-corrected chi connectivity index (χ1v) is 6.04. The van der Waals surface area contributed by atoms with E-state index in [2.05, 4.69) is 23.5 Å². The van der Waals surface area contributed by atoms with E-state index >= 15 is 0 Å². The summed E-state index contributed by atoms with van der Waals surface area (Å²) in [4.78, 5) is 13.4. The molecular formula is C14H19N3O. The number of aromatic nitrogens is 1. The van der Waals surface area contributed by atoms with Crippen LogP contribution in [-0.4, -0.2) is 36.5 Å². The molecule has 0 spiro atoms. The van der Waals surface area contributed by atoms with Crippen molar-refractivity contribution in [3.8, 4) is 0 Å². The summed E-state index contributed by atoms with van der Waals surface area (Å²) in [5, 5.41) is 4.30. The summed E-state index contributed by atoms with van der Waals surface area (Å²) in [7, 11) is 5.49. The third-order valence-electron chi connectivity index (χ3n) is 3.02. The number of nitrogens with one attached hydrogen (secondary N) is 1. The Morgan fingerprint density at radius 1 is 1.33 bits per heavy atom. The second-order valence-electron chi connectivity index (χ2n) is 4.66. The summed E-state index contributed by atoms with van der Waals surface area (Å²) >= 11 is 0. The van der Waals surface area contributed by atoms with Crippen molar-refractivity contribution in [2.24, 2.45) is 0 Å². The maximum atomic E-state index is 11.8. The van der Waals surface area contributed by atoms with Crippen LogP contribution in [0.4, 0.5) is 0 Å². The van der Waals surface area contributed by atoms with Crippen LogP contribution in [0.1, 0.15) is 5.56 Å². The fourth-order valence-electron chi connectivity index (χ4n) is 1.97. The molecule has 0 unspecified atom stereocenters. The molecule has 0 saturated heterocycles. The van der Waals surface area contributed by atoms with Crippen LogP contribution in [0.2, 0.25) is 0 Å². The van der Waals surface area contributed by atoms with Gasteiger partial charge in [-0.3, -0.25) is 4.79 Å². The van der Waals surface area contributed by atoms with Gasteiger partial charge in [0, 0.05) is 32.4 Å². The quantitative estimate of drug-likeness (QED) is 0.885. The Morgan fingerprint density at radius 2 is 2.11 bits per heavy atom. The van der Waals surface area contributed by atoms with E-state index in [0.29, 0.717) is 6.54 Å². The Balaban J connectivity index is 2.33. The van der Waals surface area contributed by atoms with Crippen LogP contribution in [0.15, 0.2) is 30.5 Å². The highest BCUT2D eigenvalue weighted by Crippen LogP contribution is 2.17.